The van der Waals surface area contributed by atoms with E-state index in [9.17, 15) is 0 Å². The summed E-state index contributed by atoms with van der Waals surface area (Å²) < 4.78 is 0. The van der Waals surface area contributed by atoms with E-state index >= 15 is 0 Å². The van der Waals surface area contributed by atoms with E-state index in [0.29, 0.717) is 15.1 Å². The van der Waals surface area contributed by atoms with Gasteiger partial charge in [0.15, 0.2) is 0 Å². The maximum Gasteiger partial charge on any atom is 0.0800 e. The zero-order chi connectivity index (χ0) is 12.3. The van der Waals surface area contributed by atoms with Crippen molar-refractivity contribution < 1.29 is 0 Å². The van der Waals surface area contributed by atoms with E-state index in [1.54, 1.807) is 6.07 Å². The summed E-state index contributed by atoms with van der Waals surface area (Å²) in [5.74, 6) is 0. The van der Waals surface area contributed by atoms with Crippen molar-refractivity contribution >= 4 is 58.0 Å². The molecule has 3 rings (SSSR count). The molecule has 0 aliphatic heterocycles. The van der Waals surface area contributed by atoms with E-state index in [0.717, 1.165) is 22.3 Å². The second-order valence-corrected chi connectivity index (χ2v) is 5.59. The van der Waals surface area contributed by atoms with Crippen molar-refractivity contribution in [3.8, 4) is 22.3 Å². The Morgan fingerprint density at radius 2 is 1.18 bits per heavy atom. The monoisotopic (exact) mass is 322 g/mol. The zero-order valence-electron chi connectivity index (χ0n) is 8.12. The normalized spacial score (nSPS) is 11.8. The molecule has 1 aliphatic rings. The van der Waals surface area contributed by atoms with Gasteiger partial charge in [0.05, 0.1) is 20.1 Å². The summed E-state index contributed by atoms with van der Waals surface area (Å²) in [6, 6.07) is 5.59. The minimum Gasteiger partial charge on any atom is -0.0836 e. The third kappa shape index (κ3) is 1.46. The Morgan fingerprint density at radius 1 is 0.588 bits per heavy atom. The molecule has 1 aliphatic carbocycles. The van der Waals surface area contributed by atoms with Crippen LogP contribution in [0.15, 0.2) is 18.2 Å². The third-order valence-electron chi connectivity index (χ3n) is 2.80. The smallest absolute Gasteiger partial charge is 0.0800 e. The first kappa shape index (κ1) is 12.0. The standard InChI is InChI=1S/C12H3Cl5/c13-5-3-1-2-4-6(5)8-7(4)9(14)11(16)12(17)10(8)15/h1-3H. The van der Waals surface area contributed by atoms with Crippen LogP contribution in [0, 0.1) is 0 Å². The lowest BCUT2D eigenvalue weighted by Crippen LogP contribution is -2.02. The van der Waals surface area contributed by atoms with Gasteiger partial charge in [-0.1, -0.05) is 70.1 Å². The molecular formula is C12H3Cl5. The minimum atomic E-state index is 0.266. The molecule has 2 aromatic rings. The van der Waals surface area contributed by atoms with Crippen molar-refractivity contribution in [2.75, 3.05) is 0 Å². The molecule has 0 nitrogen and oxygen atoms in total. The topological polar surface area (TPSA) is 0 Å². The molecule has 0 aromatic heterocycles. The number of rotatable bonds is 0. The first-order valence-corrected chi connectivity index (χ1v) is 6.58. The Labute approximate surface area is 123 Å². The first-order chi connectivity index (χ1) is 8.04. The molecule has 0 unspecified atom stereocenters. The number of hydrogen-bond donors (Lipinski definition) is 0. The van der Waals surface area contributed by atoms with Gasteiger partial charge in [0.25, 0.3) is 0 Å². The highest BCUT2D eigenvalue weighted by Gasteiger charge is 2.33. The summed E-state index contributed by atoms with van der Waals surface area (Å²) >= 11 is 30.5. The second-order valence-electron chi connectivity index (χ2n) is 3.67. The third-order valence-corrected chi connectivity index (χ3v) is 4.92. The average molecular weight is 324 g/mol. The van der Waals surface area contributed by atoms with Crippen molar-refractivity contribution in [2.45, 2.75) is 0 Å². The summed E-state index contributed by atoms with van der Waals surface area (Å²) in [5.41, 5.74) is 3.45. The molecule has 0 heterocycles. The summed E-state index contributed by atoms with van der Waals surface area (Å²) in [5, 5.41) is 2.00. The van der Waals surface area contributed by atoms with Crippen LogP contribution in [0.5, 0.6) is 0 Å². The summed E-state index contributed by atoms with van der Waals surface area (Å²) in [6.07, 6.45) is 0. The highest BCUT2D eigenvalue weighted by Crippen LogP contribution is 2.60. The van der Waals surface area contributed by atoms with Gasteiger partial charge in [0.2, 0.25) is 0 Å². The maximum atomic E-state index is 6.18. The van der Waals surface area contributed by atoms with E-state index in [1.165, 1.54) is 0 Å². The fourth-order valence-electron chi connectivity index (χ4n) is 2.04. The van der Waals surface area contributed by atoms with Gasteiger partial charge >= 0.3 is 0 Å². The van der Waals surface area contributed by atoms with E-state index in [1.807, 2.05) is 12.1 Å². The lowest BCUT2D eigenvalue weighted by Gasteiger charge is -2.28. The van der Waals surface area contributed by atoms with Crippen LogP contribution in [0.2, 0.25) is 25.1 Å². The van der Waals surface area contributed by atoms with Crippen molar-refractivity contribution in [2.24, 2.45) is 0 Å². The predicted molar refractivity (Wildman–Crippen MR) is 75.9 cm³/mol. The number of fused-ring (bicyclic) bond motifs is 4. The molecule has 0 N–H and O–H groups in total. The van der Waals surface area contributed by atoms with Gasteiger partial charge in [-0.3, -0.25) is 0 Å². The molecule has 0 bridgehead atoms. The van der Waals surface area contributed by atoms with Crippen LogP contribution in [0.25, 0.3) is 22.3 Å². The SMILES string of the molecule is Clc1cccc2c1-c1c(Cl)c(Cl)c(Cl)c(Cl)c1-2. The van der Waals surface area contributed by atoms with Crippen LogP contribution in [0.1, 0.15) is 0 Å². The largest absolute Gasteiger partial charge is 0.0836 e. The average Bonchev–Trinajstić information content (AvgIpc) is 2.27. The quantitative estimate of drug-likeness (QED) is 0.323. The number of benzene rings is 2. The van der Waals surface area contributed by atoms with Gasteiger partial charge in [-0.2, -0.15) is 0 Å². The fraction of sp³-hybridized carbons (Fsp3) is 0. The van der Waals surface area contributed by atoms with E-state index < -0.39 is 0 Å². The molecule has 86 valence electrons. The molecule has 0 atom stereocenters. The van der Waals surface area contributed by atoms with E-state index in [4.69, 9.17) is 58.0 Å². The maximum absolute atomic E-state index is 6.18. The number of hydrogen-bond acceptors (Lipinski definition) is 0. The van der Waals surface area contributed by atoms with Crippen LogP contribution in [-0.4, -0.2) is 0 Å². The summed E-state index contributed by atoms with van der Waals surface area (Å²) in [6.45, 7) is 0. The van der Waals surface area contributed by atoms with Crippen LogP contribution >= 0.6 is 58.0 Å². The van der Waals surface area contributed by atoms with Gasteiger partial charge in [-0.25, -0.2) is 0 Å². The van der Waals surface area contributed by atoms with Crippen LogP contribution in [0.3, 0.4) is 0 Å². The van der Waals surface area contributed by atoms with Crippen molar-refractivity contribution in [1.82, 2.24) is 0 Å². The Kier molecular flexibility index (Phi) is 2.77. The van der Waals surface area contributed by atoms with Crippen LogP contribution < -0.4 is 0 Å². The molecule has 0 saturated carbocycles. The highest BCUT2D eigenvalue weighted by molar-refractivity contribution is 6.55. The Balaban J connectivity index is 2.43. The molecular weight excluding hydrogens is 321 g/mol. The zero-order valence-corrected chi connectivity index (χ0v) is 11.9. The molecule has 0 spiro atoms. The first-order valence-electron chi connectivity index (χ1n) is 4.69. The van der Waals surface area contributed by atoms with Gasteiger partial charge in [-0.05, 0) is 11.6 Å². The minimum absolute atomic E-state index is 0.266. The molecule has 0 fully saturated rings. The van der Waals surface area contributed by atoms with E-state index in [2.05, 4.69) is 0 Å². The van der Waals surface area contributed by atoms with Gasteiger partial charge in [-0.15, -0.1) is 0 Å². The second kappa shape index (κ2) is 3.94. The molecule has 0 saturated heterocycles. The van der Waals surface area contributed by atoms with Gasteiger partial charge in [0, 0.05) is 21.7 Å². The van der Waals surface area contributed by atoms with Crippen LogP contribution in [-0.2, 0) is 0 Å². The Morgan fingerprint density at radius 3 is 1.82 bits per heavy atom. The molecule has 5 heteroatoms. The van der Waals surface area contributed by atoms with Gasteiger partial charge < -0.3 is 0 Å². The lowest BCUT2D eigenvalue weighted by atomic mass is 9.80. The molecule has 0 amide bonds. The molecule has 17 heavy (non-hydrogen) atoms. The van der Waals surface area contributed by atoms with Crippen molar-refractivity contribution in [3.05, 3.63) is 43.3 Å². The number of halogens is 5. The van der Waals surface area contributed by atoms with E-state index in [-0.39, 0.29) is 10.0 Å². The van der Waals surface area contributed by atoms with Crippen LogP contribution in [0.4, 0.5) is 0 Å². The van der Waals surface area contributed by atoms with Crippen molar-refractivity contribution in [3.63, 3.8) is 0 Å². The summed E-state index contributed by atoms with van der Waals surface area (Å²) in [4.78, 5) is 0. The fourth-order valence-corrected chi connectivity index (χ4v) is 3.36. The predicted octanol–water partition coefficient (Wildman–Crippen LogP) is 6.60. The Bertz CT molecular complexity index is 661. The van der Waals surface area contributed by atoms with Gasteiger partial charge in [0.1, 0.15) is 0 Å². The lowest BCUT2D eigenvalue weighted by molar-refractivity contribution is 1.52. The summed E-state index contributed by atoms with van der Waals surface area (Å²) in [7, 11) is 0. The Hall–Kier alpha value is -0.110. The molecule has 2 aromatic carbocycles. The molecule has 0 radical (unpaired) electrons. The van der Waals surface area contributed by atoms with Crippen molar-refractivity contribution in [1.29, 1.82) is 0 Å². The highest BCUT2D eigenvalue weighted by atomic mass is 35.5.